The molecule has 0 saturated carbocycles. The standard InChI is InChI=1S/C23H24N2O3S2/c1-4-28-20(26)13-18-14-29-23(24-18)30-21(17-8-6-5-7-9-17)22(27)25-19-12-15(2)10-11-16(19)3/h5-12,14,21H,4,13H2,1-3H3,(H,25,27)/t21-/m1/s1. The van der Waals surface area contributed by atoms with Gasteiger partial charge in [0.25, 0.3) is 0 Å². The molecule has 30 heavy (non-hydrogen) atoms. The zero-order chi connectivity index (χ0) is 21.5. The summed E-state index contributed by atoms with van der Waals surface area (Å²) >= 11 is 2.81. The molecule has 1 N–H and O–H groups in total. The Hall–Kier alpha value is -2.64. The number of hydrogen-bond acceptors (Lipinski definition) is 6. The van der Waals surface area contributed by atoms with Crippen molar-refractivity contribution in [1.82, 2.24) is 4.98 Å². The van der Waals surface area contributed by atoms with E-state index in [-0.39, 0.29) is 18.3 Å². The zero-order valence-corrected chi connectivity index (χ0v) is 18.8. The largest absolute Gasteiger partial charge is 0.466 e. The maximum Gasteiger partial charge on any atom is 0.311 e. The second-order valence-corrected chi connectivity index (χ2v) is 9.01. The molecule has 0 fully saturated rings. The van der Waals surface area contributed by atoms with Crippen molar-refractivity contribution in [2.75, 3.05) is 11.9 Å². The van der Waals surface area contributed by atoms with Crippen molar-refractivity contribution in [2.45, 2.75) is 36.8 Å². The van der Waals surface area contributed by atoms with E-state index in [0.29, 0.717) is 12.3 Å². The van der Waals surface area contributed by atoms with Crippen LogP contribution < -0.4 is 5.32 Å². The van der Waals surface area contributed by atoms with Gasteiger partial charge in [-0.2, -0.15) is 0 Å². The molecule has 3 aromatic rings. The third-order valence-corrected chi connectivity index (χ3v) is 6.65. The molecule has 1 heterocycles. The van der Waals surface area contributed by atoms with Gasteiger partial charge in [-0.05, 0) is 43.5 Å². The van der Waals surface area contributed by atoms with Gasteiger partial charge in [0.2, 0.25) is 5.91 Å². The zero-order valence-electron chi connectivity index (χ0n) is 17.2. The summed E-state index contributed by atoms with van der Waals surface area (Å²) in [5.41, 5.74) is 4.46. The summed E-state index contributed by atoms with van der Waals surface area (Å²) < 4.78 is 5.72. The average molecular weight is 441 g/mol. The van der Waals surface area contributed by atoms with E-state index in [1.807, 2.05) is 67.8 Å². The van der Waals surface area contributed by atoms with Gasteiger partial charge in [-0.25, -0.2) is 4.98 Å². The molecule has 0 radical (unpaired) electrons. The molecule has 0 spiro atoms. The number of amides is 1. The number of carbonyl (C=O) groups excluding carboxylic acids is 2. The lowest BCUT2D eigenvalue weighted by Gasteiger charge is -2.17. The van der Waals surface area contributed by atoms with Gasteiger partial charge in [0.15, 0.2) is 4.34 Å². The lowest BCUT2D eigenvalue weighted by molar-refractivity contribution is -0.142. The molecule has 7 heteroatoms. The summed E-state index contributed by atoms with van der Waals surface area (Å²) in [5.74, 6) is -0.409. The lowest BCUT2D eigenvalue weighted by atomic mass is 10.1. The van der Waals surface area contributed by atoms with Crippen molar-refractivity contribution in [1.29, 1.82) is 0 Å². The molecule has 0 aliphatic heterocycles. The molecule has 156 valence electrons. The Kier molecular flexibility index (Phi) is 7.65. The molecule has 0 saturated heterocycles. The molecular formula is C23H24N2O3S2. The van der Waals surface area contributed by atoms with Crippen LogP contribution in [0.1, 0.15) is 34.6 Å². The van der Waals surface area contributed by atoms with E-state index in [2.05, 4.69) is 10.3 Å². The van der Waals surface area contributed by atoms with Crippen LogP contribution in [-0.2, 0) is 20.7 Å². The summed E-state index contributed by atoms with van der Waals surface area (Å²) in [6.07, 6.45) is 0.135. The van der Waals surface area contributed by atoms with Crippen LogP contribution in [0.3, 0.4) is 0 Å². The summed E-state index contributed by atoms with van der Waals surface area (Å²) in [6.45, 7) is 6.10. The number of hydrogen-bond donors (Lipinski definition) is 1. The van der Waals surface area contributed by atoms with E-state index < -0.39 is 5.25 Å². The fourth-order valence-electron chi connectivity index (χ4n) is 2.85. The van der Waals surface area contributed by atoms with E-state index in [9.17, 15) is 9.59 Å². The molecule has 2 aromatic carbocycles. The quantitative estimate of drug-likeness (QED) is 0.378. The molecule has 1 atom stereocenters. The highest BCUT2D eigenvalue weighted by molar-refractivity contribution is 8.01. The summed E-state index contributed by atoms with van der Waals surface area (Å²) in [5, 5.41) is 4.44. The number of nitrogens with zero attached hydrogens (tertiary/aromatic N) is 1. The van der Waals surface area contributed by atoms with Gasteiger partial charge in [-0.15, -0.1) is 11.3 Å². The highest BCUT2D eigenvalue weighted by Crippen LogP contribution is 2.38. The van der Waals surface area contributed by atoms with Crippen molar-refractivity contribution in [2.24, 2.45) is 0 Å². The van der Waals surface area contributed by atoms with Crippen LogP contribution in [0, 0.1) is 13.8 Å². The van der Waals surface area contributed by atoms with E-state index in [0.717, 1.165) is 26.7 Å². The Labute approximate surface area is 184 Å². The van der Waals surface area contributed by atoms with Gasteiger partial charge in [0.1, 0.15) is 5.25 Å². The van der Waals surface area contributed by atoms with Gasteiger partial charge in [0.05, 0.1) is 18.7 Å². The number of aryl methyl sites for hydroxylation is 2. The monoisotopic (exact) mass is 440 g/mol. The molecular weight excluding hydrogens is 416 g/mol. The first-order valence-corrected chi connectivity index (χ1v) is 11.4. The van der Waals surface area contributed by atoms with E-state index >= 15 is 0 Å². The van der Waals surface area contributed by atoms with Gasteiger partial charge in [0, 0.05) is 11.1 Å². The molecule has 0 aliphatic carbocycles. The van der Waals surface area contributed by atoms with Crippen molar-refractivity contribution in [3.63, 3.8) is 0 Å². The molecule has 3 rings (SSSR count). The Morgan fingerprint density at radius 3 is 2.67 bits per heavy atom. The summed E-state index contributed by atoms with van der Waals surface area (Å²) in [7, 11) is 0. The van der Waals surface area contributed by atoms with Crippen molar-refractivity contribution in [3.8, 4) is 0 Å². The second-order valence-electron chi connectivity index (χ2n) is 6.80. The number of aromatic nitrogens is 1. The average Bonchev–Trinajstić information content (AvgIpc) is 3.16. The first-order valence-electron chi connectivity index (χ1n) is 9.66. The Morgan fingerprint density at radius 2 is 1.93 bits per heavy atom. The minimum atomic E-state index is -0.465. The summed E-state index contributed by atoms with van der Waals surface area (Å²) in [6, 6.07) is 15.6. The number of rotatable bonds is 8. The van der Waals surface area contributed by atoms with Gasteiger partial charge < -0.3 is 10.1 Å². The SMILES string of the molecule is CCOC(=O)Cc1csc(S[C@@H](C(=O)Nc2cc(C)ccc2C)c2ccccc2)n1. The maximum atomic E-state index is 13.2. The molecule has 0 unspecified atom stereocenters. The Morgan fingerprint density at radius 1 is 1.17 bits per heavy atom. The predicted molar refractivity (Wildman–Crippen MR) is 122 cm³/mol. The number of anilines is 1. The number of benzene rings is 2. The first-order chi connectivity index (χ1) is 14.5. The number of ether oxygens (including phenoxy) is 1. The minimum absolute atomic E-state index is 0.109. The third-order valence-electron chi connectivity index (χ3n) is 4.37. The number of carbonyl (C=O) groups is 2. The van der Waals surface area contributed by atoms with Crippen molar-refractivity contribution < 1.29 is 14.3 Å². The Balaban J connectivity index is 1.80. The molecule has 5 nitrogen and oxygen atoms in total. The van der Waals surface area contributed by atoms with E-state index in [4.69, 9.17) is 4.74 Å². The summed E-state index contributed by atoms with van der Waals surface area (Å²) in [4.78, 5) is 29.4. The number of nitrogens with one attached hydrogen (secondary N) is 1. The number of thiazole rings is 1. The second kappa shape index (κ2) is 10.4. The Bertz CT molecular complexity index is 1020. The highest BCUT2D eigenvalue weighted by atomic mass is 32.2. The fraction of sp³-hybridized carbons (Fsp3) is 0.261. The number of thioether (sulfide) groups is 1. The predicted octanol–water partition coefficient (Wildman–Crippen LogP) is 5.34. The third kappa shape index (κ3) is 5.93. The van der Waals surface area contributed by atoms with Crippen LogP contribution in [0.4, 0.5) is 5.69 Å². The normalized spacial score (nSPS) is 11.7. The highest BCUT2D eigenvalue weighted by Gasteiger charge is 2.24. The molecule has 1 amide bonds. The topological polar surface area (TPSA) is 68.3 Å². The smallest absolute Gasteiger partial charge is 0.311 e. The van der Waals surface area contributed by atoms with Crippen LogP contribution in [0.15, 0.2) is 58.3 Å². The van der Waals surface area contributed by atoms with Crippen LogP contribution in [0.5, 0.6) is 0 Å². The maximum absolute atomic E-state index is 13.2. The fourth-order valence-corrected chi connectivity index (χ4v) is 4.88. The minimum Gasteiger partial charge on any atom is -0.466 e. The van der Waals surface area contributed by atoms with Gasteiger partial charge >= 0.3 is 5.97 Å². The van der Waals surface area contributed by atoms with Crippen LogP contribution >= 0.6 is 23.1 Å². The van der Waals surface area contributed by atoms with Gasteiger partial charge in [-0.1, -0.05) is 54.2 Å². The van der Waals surface area contributed by atoms with Gasteiger partial charge in [-0.3, -0.25) is 9.59 Å². The molecule has 0 bridgehead atoms. The number of esters is 1. The van der Waals surface area contributed by atoms with Crippen molar-refractivity contribution in [3.05, 3.63) is 76.3 Å². The molecule has 1 aromatic heterocycles. The van der Waals surface area contributed by atoms with E-state index in [1.54, 1.807) is 6.92 Å². The van der Waals surface area contributed by atoms with Crippen LogP contribution in [0.25, 0.3) is 0 Å². The first kappa shape index (κ1) is 22.1. The molecule has 0 aliphatic rings. The van der Waals surface area contributed by atoms with Crippen LogP contribution in [0.2, 0.25) is 0 Å². The lowest BCUT2D eigenvalue weighted by Crippen LogP contribution is -2.19. The van der Waals surface area contributed by atoms with Crippen molar-refractivity contribution >= 4 is 40.7 Å². The van der Waals surface area contributed by atoms with Crippen LogP contribution in [-0.4, -0.2) is 23.5 Å². The van der Waals surface area contributed by atoms with E-state index in [1.165, 1.54) is 23.1 Å².